The molecule has 6 heteroatoms. The van der Waals surface area contributed by atoms with Crippen LogP contribution < -0.4 is 4.90 Å². The summed E-state index contributed by atoms with van der Waals surface area (Å²) < 4.78 is 0.996. The van der Waals surface area contributed by atoms with Crippen LogP contribution in [0.15, 0.2) is 59.1 Å². The topological polar surface area (TPSA) is 40.6 Å². The van der Waals surface area contributed by atoms with Crippen LogP contribution in [-0.4, -0.2) is 28.6 Å². The van der Waals surface area contributed by atoms with Gasteiger partial charge < -0.3 is 0 Å². The zero-order valence-corrected chi connectivity index (χ0v) is 14.5. The van der Waals surface area contributed by atoms with Gasteiger partial charge in [-0.1, -0.05) is 46.3 Å². The monoisotopic (exact) mass is 388 g/mol. The second kappa shape index (κ2) is 5.69. The summed E-state index contributed by atoms with van der Waals surface area (Å²) in [7, 11) is 0. The Bertz CT molecular complexity index is 766. The lowest BCUT2D eigenvalue weighted by atomic mass is 10.2. The highest BCUT2D eigenvalue weighted by Gasteiger charge is 2.53. The molecule has 3 amide bonds. The number of nitrogens with zero attached hydrogens (tertiary/aromatic N) is 2. The van der Waals surface area contributed by atoms with Gasteiger partial charge in [-0.05, 0) is 29.8 Å². The Hall–Kier alpha value is -1.79. The van der Waals surface area contributed by atoms with Gasteiger partial charge in [0, 0.05) is 10.2 Å². The van der Waals surface area contributed by atoms with E-state index in [0.29, 0.717) is 11.4 Å². The lowest BCUT2D eigenvalue weighted by molar-refractivity contribution is -0.119. The lowest BCUT2D eigenvalue weighted by Gasteiger charge is -2.23. The van der Waals surface area contributed by atoms with E-state index in [1.54, 1.807) is 28.8 Å². The Morgan fingerprint density at radius 1 is 1.00 bits per heavy atom. The van der Waals surface area contributed by atoms with Crippen LogP contribution in [-0.2, 0) is 4.79 Å². The maximum atomic E-state index is 12.9. The summed E-state index contributed by atoms with van der Waals surface area (Å²) >= 11 is 5.06. The molecule has 2 aromatic rings. The molecule has 2 aromatic carbocycles. The summed E-state index contributed by atoms with van der Waals surface area (Å²) in [6.07, 6.45) is 0. The highest BCUT2D eigenvalue weighted by atomic mass is 79.9. The van der Waals surface area contributed by atoms with Crippen molar-refractivity contribution in [1.29, 1.82) is 0 Å². The third kappa shape index (κ3) is 2.37. The first-order valence-corrected chi connectivity index (χ1v) is 9.09. The molecule has 23 heavy (non-hydrogen) atoms. The number of rotatable bonds is 2. The van der Waals surface area contributed by atoms with E-state index >= 15 is 0 Å². The molecule has 2 atom stereocenters. The van der Waals surface area contributed by atoms with Gasteiger partial charge in [0.25, 0.3) is 5.91 Å². The van der Waals surface area contributed by atoms with Crippen molar-refractivity contribution in [1.82, 2.24) is 4.90 Å². The molecule has 0 aliphatic carbocycles. The maximum Gasteiger partial charge on any atom is 0.333 e. The Morgan fingerprint density at radius 2 is 1.70 bits per heavy atom. The van der Waals surface area contributed by atoms with Crippen molar-refractivity contribution >= 4 is 45.3 Å². The molecule has 4 nitrogen and oxygen atoms in total. The predicted octanol–water partition coefficient (Wildman–Crippen LogP) is 4.03. The van der Waals surface area contributed by atoms with E-state index in [2.05, 4.69) is 15.9 Å². The predicted molar refractivity (Wildman–Crippen MR) is 94.3 cm³/mol. The molecular formula is C17H13BrN2O2S. The first-order chi connectivity index (χ1) is 11.2. The number of carbonyl (C=O) groups excluding carboxylic acids is 2. The molecule has 0 saturated carbocycles. The van der Waals surface area contributed by atoms with Gasteiger partial charge in [0.05, 0.1) is 5.69 Å². The summed E-state index contributed by atoms with van der Waals surface area (Å²) in [5, 5.41) is -0.113. The summed E-state index contributed by atoms with van der Waals surface area (Å²) in [6, 6.07) is 16.4. The molecule has 2 aliphatic rings. The molecule has 0 radical (unpaired) electrons. The van der Waals surface area contributed by atoms with Crippen molar-refractivity contribution in [3.8, 4) is 0 Å². The molecular weight excluding hydrogens is 376 g/mol. The van der Waals surface area contributed by atoms with E-state index in [9.17, 15) is 9.59 Å². The molecule has 4 rings (SSSR count). The molecule has 2 fully saturated rings. The average Bonchev–Trinajstić information content (AvgIpc) is 3.10. The highest BCUT2D eigenvalue weighted by Crippen LogP contribution is 2.46. The smallest absolute Gasteiger partial charge is 0.295 e. The minimum Gasteiger partial charge on any atom is -0.295 e. The highest BCUT2D eigenvalue weighted by molar-refractivity contribution is 9.10. The minimum absolute atomic E-state index is 0.113. The molecule has 0 aromatic heterocycles. The number of urea groups is 1. The van der Waals surface area contributed by atoms with Crippen LogP contribution in [0.2, 0.25) is 0 Å². The average molecular weight is 389 g/mol. The van der Waals surface area contributed by atoms with Crippen LogP contribution in [0.3, 0.4) is 0 Å². The van der Waals surface area contributed by atoms with E-state index in [1.165, 1.54) is 4.90 Å². The molecule has 116 valence electrons. The molecule has 0 N–H and O–H groups in total. The summed E-state index contributed by atoms with van der Waals surface area (Å²) in [5.74, 6) is 0.502. The van der Waals surface area contributed by atoms with E-state index in [1.807, 2.05) is 42.5 Å². The fourth-order valence-electron chi connectivity index (χ4n) is 2.99. The molecule has 2 aliphatic heterocycles. The van der Waals surface area contributed by atoms with Crippen molar-refractivity contribution in [2.45, 2.75) is 11.4 Å². The standard InChI is InChI=1S/C17H13BrN2O2S/c18-12-8-6-11(7-9-12)16-20-14(10-23-16)15(21)19(17(20)22)13-4-2-1-3-5-13/h1-9,14,16H,10H2/t14-,16-/m0/s1. The molecule has 0 unspecified atom stereocenters. The second-order valence-electron chi connectivity index (χ2n) is 5.45. The Balaban J connectivity index is 1.68. The Morgan fingerprint density at radius 3 is 2.39 bits per heavy atom. The number of imide groups is 1. The Labute approximate surface area is 146 Å². The van der Waals surface area contributed by atoms with E-state index in [4.69, 9.17) is 0 Å². The Kier molecular flexibility index (Phi) is 3.66. The number of hydrogen-bond donors (Lipinski definition) is 0. The van der Waals surface area contributed by atoms with Crippen LogP contribution in [0.5, 0.6) is 0 Å². The summed E-state index contributed by atoms with van der Waals surface area (Å²) in [6.45, 7) is 0. The van der Waals surface area contributed by atoms with Gasteiger partial charge in [-0.3, -0.25) is 9.69 Å². The van der Waals surface area contributed by atoms with Crippen molar-refractivity contribution in [3.05, 3.63) is 64.6 Å². The summed E-state index contributed by atoms with van der Waals surface area (Å²) in [4.78, 5) is 28.5. The van der Waals surface area contributed by atoms with Gasteiger partial charge in [0.2, 0.25) is 0 Å². The number of amides is 3. The zero-order valence-electron chi connectivity index (χ0n) is 12.1. The molecule has 2 saturated heterocycles. The zero-order chi connectivity index (χ0) is 16.0. The normalized spacial score (nSPS) is 23.5. The van der Waals surface area contributed by atoms with E-state index in [-0.39, 0.29) is 23.4 Å². The van der Waals surface area contributed by atoms with Crippen molar-refractivity contribution in [3.63, 3.8) is 0 Å². The molecule has 2 heterocycles. The van der Waals surface area contributed by atoms with Gasteiger partial charge in [0.15, 0.2) is 0 Å². The third-order valence-corrected chi connectivity index (χ3v) is 5.94. The fraction of sp³-hybridized carbons (Fsp3) is 0.176. The maximum absolute atomic E-state index is 12.9. The first-order valence-electron chi connectivity index (χ1n) is 7.25. The van der Waals surface area contributed by atoms with Crippen LogP contribution in [0, 0.1) is 0 Å². The van der Waals surface area contributed by atoms with Crippen LogP contribution in [0.1, 0.15) is 10.9 Å². The minimum atomic E-state index is -0.374. The van der Waals surface area contributed by atoms with E-state index < -0.39 is 0 Å². The number of thioether (sulfide) groups is 1. The number of fused-ring (bicyclic) bond motifs is 1. The fourth-order valence-corrected chi connectivity index (χ4v) is 4.67. The van der Waals surface area contributed by atoms with Gasteiger partial charge in [-0.2, -0.15) is 0 Å². The third-order valence-electron chi connectivity index (χ3n) is 4.09. The van der Waals surface area contributed by atoms with Crippen molar-refractivity contribution in [2.24, 2.45) is 0 Å². The van der Waals surface area contributed by atoms with Gasteiger partial charge in [0.1, 0.15) is 11.4 Å². The van der Waals surface area contributed by atoms with Crippen LogP contribution in [0.25, 0.3) is 0 Å². The van der Waals surface area contributed by atoms with Crippen molar-refractivity contribution < 1.29 is 9.59 Å². The number of anilines is 1. The van der Waals surface area contributed by atoms with Crippen molar-refractivity contribution in [2.75, 3.05) is 10.7 Å². The van der Waals surface area contributed by atoms with Crippen LogP contribution in [0.4, 0.5) is 10.5 Å². The molecule has 0 bridgehead atoms. The van der Waals surface area contributed by atoms with Gasteiger partial charge in [-0.15, -0.1) is 11.8 Å². The number of carbonyl (C=O) groups is 2. The lowest BCUT2D eigenvalue weighted by Crippen LogP contribution is -2.33. The second-order valence-corrected chi connectivity index (χ2v) is 7.48. The van der Waals surface area contributed by atoms with Crippen LogP contribution >= 0.6 is 27.7 Å². The largest absolute Gasteiger partial charge is 0.333 e. The number of hydrogen-bond acceptors (Lipinski definition) is 3. The van der Waals surface area contributed by atoms with Gasteiger partial charge in [-0.25, -0.2) is 9.69 Å². The van der Waals surface area contributed by atoms with E-state index in [0.717, 1.165) is 10.0 Å². The molecule has 0 spiro atoms. The summed E-state index contributed by atoms with van der Waals surface area (Å²) in [5.41, 5.74) is 1.67. The number of halogens is 1. The first kappa shape index (κ1) is 14.8. The SMILES string of the molecule is O=C1[C@@H]2CS[C@@H](c3ccc(Br)cc3)N2C(=O)N1c1ccccc1. The van der Waals surface area contributed by atoms with Gasteiger partial charge >= 0.3 is 6.03 Å². The quantitative estimate of drug-likeness (QED) is 0.729. The number of benzene rings is 2. The number of para-hydroxylation sites is 1.